The van der Waals surface area contributed by atoms with E-state index in [-0.39, 0.29) is 10.0 Å². The number of hydrogen-bond acceptors (Lipinski definition) is 4. The number of thiophene rings is 1. The van der Waals surface area contributed by atoms with Crippen molar-refractivity contribution in [2.45, 2.75) is 23.5 Å². The average molecular weight is 460 g/mol. The van der Waals surface area contributed by atoms with Gasteiger partial charge in [0, 0.05) is 30.0 Å². The van der Waals surface area contributed by atoms with Crippen LogP contribution in [0.3, 0.4) is 0 Å². The zero-order valence-corrected chi connectivity index (χ0v) is 18.7. The van der Waals surface area contributed by atoms with Crippen LogP contribution in [0.4, 0.5) is 11.4 Å². The van der Waals surface area contributed by atoms with Gasteiger partial charge in [0.25, 0.3) is 10.0 Å². The first kappa shape index (κ1) is 20.9. The fraction of sp³-hybridized carbons (Fsp3) is 0.227. The molecule has 1 aliphatic heterocycles. The van der Waals surface area contributed by atoms with Gasteiger partial charge in [-0.15, -0.1) is 15.7 Å². The van der Waals surface area contributed by atoms with Crippen molar-refractivity contribution < 1.29 is 8.42 Å². The number of sulfonamides is 1. The highest BCUT2D eigenvalue weighted by Crippen LogP contribution is 2.25. The molecule has 1 N–H and O–H groups in total. The molecule has 1 aliphatic rings. The number of halogens is 1. The second-order valence-electron chi connectivity index (χ2n) is 7.05. The smallest absolute Gasteiger partial charge is 0.293 e. The molecule has 5 nitrogen and oxygen atoms in total. The predicted octanol–water partition coefficient (Wildman–Crippen LogP) is 5.64. The summed E-state index contributed by atoms with van der Waals surface area (Å²) in [5.41, 5.74) is 2.44. The molecular formula is C22H22ClN3O2S2. The van der Waals surface area contributed by atoms with E-state index in [4.69, 9.17) is 11.6 Å². The van der Waals surface area contributed by atoms with E-state index in [2.05, 4.69) is 14.6 Å². The second kappa shape index (κ2) is 9.20. The van der Waals surface area contributed by atoms with Gasteiger partial charge in [0.1, 0.15) is 4.21 Å². The van der Waals surface area contributed by atoms with Gasteiger partial charge in [0.05, 0.1) is 5.02 Å². The summed E-state index contributed by atoms with van der Waals surface area (Å²) in [6.45, 7) is 2.14. The fourth-order valence-electron chi connectivity index (χ4n) is 3.41. The number of benzene rings is 2. The van der Waals surface area contributed by atoms with Crippen LogP contribution in [0.15, 0.2) is 74.7 Å². The zero-order valence-electron chi connectivity index (χ0n) is 16.3. The maximum absolute atomic E-state index is 12.8. The number of piperidine rings is 1. The van der Waals surface area contributed by atoms with E-state index in [1.807, 2.05) is 24.3 Å². The molecule has 0 saturated carbocycles. The van der Waals surface area contributed by atoms with Gasteiger partial charge in [-0.3, -0.25) is 0 Å². The standard InChI is InChI=1S/C22H22ClN3O2S2/c23-20-8-3-2-7-19(20)22(25-30(27,28)21-9-6-16-29-21)24-17-10-12-18(13-11-17)26-14-4-1-5-15-26/h2-3,6-13,16H,1,4-5,14-15H2,(H,24,25). The second-order valence-corrected chi connectivity index (χ2v) is 10.2. The van der Waals surface area contributed by atoms with Crippen LogP contribution < -0.4 is 10.2 Å². The van der Waals surface area contributed by atoms with Crippen LogP contribution >= 0.6 is 22.9 Å². The minimum atomic E-state index is -3.85. The molecule has 8 heteroatoms. The molecule has 1 fully saturated rings. The third-order valence-electron chi connectivity index (χ3n) is 4.94. The summed E-state index contributed by atoms with van der Waals surface area (Å²) < 4.78 is 29.8. The lowest BCUT2D eigenvalue weighted by Crippen LogP contribution is -2.29. The van der Waals surface area contributed by atoms with Crippen molar-refractivity contribution in [1.82, 2.24) is 0 Å². The van der Waals surface area contributed by atoms with Crippen molar-refractivity contribution in [2.24, 2.45) is 4.40 Å². The highest BCUT2D eigenvalue weighted by atomic mass is 35.5. The summed E-state index contributed by atoms with van der Waals surface area (Å²) in [6, 6.07) is 18.3. The Bertz CT molecular complexity index is 1120. The van der Waals surface area contributed by atoms with Crippen LogP contribution in [-0.2, 0) is 10.0 Å². The monoisotopic (exact) mass is 459 g/mol. The lowest BCUT2D eigenvalue weighted by molar-refractivity contribution is 0.578. The lowest BCUT2D eigenvalue weighted by atomic mass is 10.1. The van der Waals surface area contributed by atoms with Crippen molar-refractivity contribution in [3.8, 4) is 0 Å². The topological polar surface area (TPSA) is 61.8 Å². The first-order chi connectivity index (χ1) is 14.5. The molecule has 1 aromatic heterocycles. The zero-order chi connectivity index (χ0) is 21.0. The van der Waals surface area contributed by atoms with Crippen LogP contribution in [-0.4, -0.2) is 27.3 Å². The summed E-state index contributed by atoms with van der Waals surface area (Å²) >= 11 is 7.48. The molecule has 0 spiro atoms. The molecule has 0 bridgehead atoms. The molecule has 4 rings (SSSR count). The largest absolute Gasteiger partial charge is 0.372 e. The Morgan fingerprint density at radius 3 is 2.37 bits per heavy atom. The number of amidine groups is 1. The SMILES string of the molecule is O=S(=O)(/N=C(/Nc1ccc(N2CCCCC2)cc1)c1ccccc1Cl)c1cccs1. The van der Waals surface area contributed by atoms with Gasteiger partial charge in [0.2, 0.25) is 0 Å². The molecular weight excluding hydrogens is 438 g/mol. The maximum Gasteiger partial charge on any atom is 0.293 e. The van der Waals surface area contributed by atoms with Crippen LogP contribution in [0, 0.1) is 0 Å². The van der Waals surface area contributed by atoms with Gasteiger partial charge in [-0.25, -0.2) is 0 Å². The predicted molar refractivity (Wildman–Crippen MR) is 126 cm³/mol. The van der Waals surface area contributed by atoms with E-state index in [0.29, 0.717) is 10.6 Å². The Balaban J connectivity index is 1.65. The Labute approximate surface area is 186 Å². The molecule has 3 aromatic rings. The minimum absolute atomic E-state index is 0.189. The van der Waals surface area contributed by atoms with Crippen molar-refractivity contribution in [3.05, 3.63) is 76.6 Å². The van der Waals surface area contributed by atoms with Gasteiger partial charge < -0.3 is 10.2 Å². The molecule has 30 heavy (non-hydrogen) atoms. The average Bonchev–Trinajstić information content (AvgIpc) is 3.31. The number of anilines is 2. The highest BCUT2D eigenvalue weighted by Gasteiger charge is 2.18. The van der Waals surface area contributed by atoms with E-state index in [1.165, 1.54) is 24.9 Å². The first-order valence-electron chi connectivity index (χ1n) is 9.78. The van der Waals surface area contributed by atoms with Crippen LogP contribution in [0.5, 0.6) is 0 Å². The van der Waals surface area contributed by atoms with Crippen LogP contribution in [0.2, 0.25) is 5.02 Å². The van der Waals surface area contributed by atoms with Crippen LogP contribution in [0.1, 0.15) is 24.8 Å². The summed E-state index contributed by atoms with van der Waals surface area (Å²) in [6.07, 6.45) is 3.71. The number of hydrogen-bond donors (Lipinski definition) is 1. The Morgan fingerprint density at radius 1 is 0.967 bits per heavy atom. The number of rotatable bonds is 5. The quantitative estimate of drug-likeness (QED) is 0.396. The summed E-state index contributed by atoms with van der Waals surface area (Å²) in [7, 11) is -3.85. The normalized spacial score (nSPS) is 15.2. The molecule has 1 saturated heterocycles. The lowest BCUT2D eigenvalue weighted by Gasteiger charge is -2.28. The van der Waals surface area contributed by atoms with Crippen molar-refractivity contribution in [1.29, 1.82) is 0 Å². The minimum Gasteiger partial charge on any atom is -0.372 e. The molecule has 0 aliphatic carbocycles. The Morgan fingerprint density at radius 2 is 1.70 bits per heavy atom. The molecule has 0 radical (unpaired) electrons. The van der Waals surface area contributed by atoms with Gasteiger partial charge >= 0.3 is 0 Å². The third-order valence-corrected chi connectivity index (χ3v) is 7.92. The molecule has 2 aromatic carbocycles. The van der Waals surface area contributed by atoms with E-state index in [0.717, 1.165) is 30.1 Å². The molecule has 0 unspecified atom stereocenters. The van der Waals surface area contributed by atoms with E-state index < -0.39 is 10.0 Å². The summed E-state index contributed by atoms with van der Waals surface area (Å²) in [5, 5.41) is 5.30. The van der Waals surface area contributed by atoms with Gasteiger partial charge in [0.15, 0.2) is 5.84 Å². The van der Waals surface area contributed by atoms with Crippen molar-refractivity contribution in [2.75, 3.05) is 23.3 Å². The van der Waals surface area contributed by atoms with Gasteiger partial charge in [-0.2, -0.15) is 8.42 Å². The molecule has 156 valence electrons. The van der Waals surface area contributed by atoms with Crippen molar-refractivity contribution in [3.63, 3.8) is 0 Å². The third kappa shape index (κ3) is 4.86. The summed E-state index contributed by atoms with van der Waals surface area (Å²) in [5.74, 6) is 0.194. The van der Waals surface area contributed by atoms with E-state index in [9.17, 15) is 8.42 Å². The van der Waals surface area contributed by atoms with Gasteiger partial charge in [-0.1, -0.05) is 29.8 Å². The van der Waals surface area contributed by atoms with Gasteiger partial charge in [-0.05, 0) is 67.1 Å². The van der Waals surface area contributed by atoms with Crippen LogP contribution in [0.25, 0.3) is 0 Å². The number of nitrogens with zero attached hydrogens (tertiary/aromatic N) is 2. The Kier molecular flexibility index (Phi) is 6.41. The summed E-state index contributed by atoms with van der Waals surface area (Å²) in [4.78, 5) is 2.37. The molecule has 2 heterocycles. The highest BCUT2D eigenvalue weighted by molar-refractivity contribution is 7.92. The van der Waals surface area contributed by atoms with Crippen molar-refractivity contribution >= 4 is 50.2 Å². The Hall–Kier alpha value is -2.35. The van der Waals surface area contributed by atoms with E-state index in [1.54, 1.807) is 41.8 Å². The molecule has 0 atom stereocenters. The molecule has 0 amide bonds. The maximum atomic E-state index is 12.8. The van der Waals surface area contributed by atoms with E-state index >= 15 is 0 Å². The first-order valence-corrected chi connectivity index (χ1v) is 12.5. The fourth-order valence-corrected chi connectivity index (χ4v) is 5.58. The number of nitrogens with one attached hydrogen (secondary N) is 1.